The number of rotatable bonds is 7. The van der Waals surface area contributed by atoms with Crippen LogP contribution in [0.5, 0.6) is 0 Å². The lowest BCUT2D eigenvalue weighted by molar-refractivity contribution is 0.302. The van der Waals surface area contributed by atoms with Gasteiger partial charge in [-0.15, -0.1) is 0 Å². The van der Waals surface area contributed by atoms with Gasteiger partial charge in [0.25, 0.3) is 0 Å². The molecule has 0 bridgehead atoms. The van der Waals surface area contributed by atoms with Gasteiger partial charge in [0.05, 0.1) is 6.61 Å². The molecular formula is C16H27N3O. The molecular weight excluding hydrogens is 250 g/mol. The van der Waals surface area contributed by atoms with Crippen molar-refractivity contribution in [3.8, 4) is 0 Å². The molecule has 0 heterocycles. The van der Waals surface area contributed by atoms with Crippen molar-refractivity contribution in [3.05, 3.63) is 24.3 Å². The summed E-state index contributed by atoms with van der Waals surface area (Å²) >= 11 is 0. The fraction of sp³-hybridized carbons (Fsp3) is 0.625. The molecule has 0 spiro atoms. The number of benzene rings is 1. The minimum absolute atomic E-state index is 0.189. The number of likely N-dealkylation sites (N-methyl/N-ethyl adjacent to an activating group) is 1. The van der Waals surface area contributed by atoms with Gasteiger partial charge in [-0.25, -0.2) is 0 Å². The first-order valence-corrected chi connectivity index (χ1v) is 7.71. The number of nitrogens with one attached hydrogen (secondary N) is 1. The van der Waals surface area contributed by atoms with Crippen LogP contribution in [-0.4, -0.2) is 37.4 Å². The second-order valence-electron chi connectivity index (χ2n) is 5.53. The minimum Gasteiger partial charge on any atom is -0.395 e. The number of hydrogen-bond acceptors (Lipinski definition) is 4. The van der Waals surface area contributed by atoms with E-state index in [9.17, 15) is 0 Å². The Bertz CT molecular complexity index is 393. The maximum atomic E-state index is 9.06. The average molecular weight is 277 g/mol. The summed E-state index contributed by atoms with van der Waals surface area (Å²) in [7, 11) is 0. The van der Waals surface area contributed by atoms with E-state index in [1.165, 1.54) is 24.9 Å². The van der Waals surface area contributed by atoms with Gasteiger partial charge in [0.1, 0.15) is 0 Å². The molecule has 2 unspecified atom stereocenters. The molecule has 1 aliphatic carbocycles. The summed E-state index contributed by atoms with van der Waals surface area (Å²) in [5, 5.41) is 12.7. The highest BCUT2D eigenvalue weighted by molar-refractivity contribution is 5.55. The highest BCUT2D eigenvalue weighted by Crippen LogP contribution is 2.28. The van der Waals surface area contributed by atoms with E-state index in [4.69, 9.17) is 10.8 Å². The number of anilines is 2. The van der Waals surface area contributed by atoms with Crippen LogP contribution in [0.25, 0.3) is 0 Å². The number of aliphatic hydroxyl groups excluding tert-OH is 1. The fourth-order valence-electron chi connectivity index (χ4n) is 3.08. The van der Waals surface area contributed by atoms with E-state index in [0.717, 1.165) is 18.8 Å². The molecule has 0 saturated heterocycles. The molecule has 0 amide bonds. The van der Waals surface area contributed by atoms with Crippen LogP contribution in [0.15, 0.2) is 24.3 Å². The van der Waals surface area contributed by atoms with Crippen molar-refractivity contribution in [2.45, 2.75) is 32.2 Å². The van der Waals surface area contributed by atoms with Gasteiger partial charge in [0.2, 0.25) is 0 Å². The topological polar surface area (TPSA) is 61.5 Å². The Balaban J connectivity index is 1.97. The van der Waals surface area contributed by atoms with Crippen LogP contribution < -0.4 is 16.0 Å². The van der Waals surface area contributed by atoms with Crippen molar-refractivity contribution in [2.75, 3.05) is 36.5 Å². The third-order valence-corrected chi connectivity index (χ3v) is 4.30. The summed E-state index contributed by atoms with van der Waals surface area (Å²) in [5.41, 5.74) is 8.15. The standard InChI is InChI=1S/C16H27N3O/c1-2-19(10-11-20)15-8-6-14(7-9-15)18-16-5-3-4-13(16)12-17/h6-9,13,16,18,20H,2-5,10-12,17H2,1H3. The first kappa shape index (κ1) is 15.1. The lowest BCUT2D eigenvalue weighted by Crippen LogP contribution is -2.29. The van der Waals surface area contributed by atoms with Gasteiger partial charge in [-0.2, -0.15) is 0 Å². The molecule has 4 N–H and O–H groups in total. The predicted molar refractivity (Wildman–Crippen MR) is 85.2 cm³/mol. The summed E-state index contributed by atoms with van der Waals surface area (Å²) in [5.74, 6) is 0.608. The maximum Gasteiger partial charge on any atom is 0.0606 e. The van der Waals surface area contributed by atoms with Crippen molar-refractivity contribution in [2.24, 2.45) is 11.7 Å². The van der Waals surface area contributed by atoms with Gasteiger partial charge in [-0.05, 0) is 56.5 Å². The number of aliphatic hydroxyl groups is 1. The van der Waals surface area contributed by atoms with Crippen LogP contribution in [-0.2, 0) is 0 Å². The fourth-order valence-corrected chi connectivity index (χ4v) is 3.08. The molecule has 112 valence electrons. The van der Waals surface area contributed by atoms with Crippen molar-refractivity contribution in [1.82, 2.24) is 0 Å². The molecule has 0 radical (unpaired) electrons. The second kappa shape index (κ2) is 7.50. The maximum absolute atomic E-state index is 9.06. The van der Waals surface area contributed by atoms with Crippen molar-refractivity contribution in [3.63, 3.8) is 0 Å². The summed E-state index contributed by atoms with van der Waals surface area (Å²) < 4.78 is 0. The monoisotopic (exact) mass is 277 g/mol. The van der Waals surface area contributed by atoms with E-state index in [-0.39, 0.29) is 6.61 Å². The van der Waals surface area contributed by atoms with E-state index < -0.39 is 0 Å². The van der Waals surface area contributed by atoms with Crippen LogP contribution in [0.3, 0.4) is 0 Å². The predicted octanol–water partition coefficient (Wildman–Crippen LogP) is 2.04. The molecule has 2 rings (SSSR count). The molecule has 4 heteroatoms. The minimum atomic E-state index is 0.189. The van der Waals surface area contributed by atoms with E-state index in [1.807, 2.05) is 0 Å². The molecule has 2 atom stereocenters. The Morgan fingerprint density at radius 2 is 2.05 bits per heavy atom. The summed E-state index contributed by atoms with van der Waals surface area (Å²) in [6.45, 7) is 4.66. The first-order chi connectivity index (χ1) is 9.78. The lowest BCUT2D eigenvalue weighted by atomic mass is 10.0. The Morgan fingerprint density at radius 1 is 1.30 bits per heavy atom. The molecule has 1 aliphatic rings. The molecule has 0 aliphatic heterocycles. The average Bonchev–Trinajstić information content (AvgIpc) is 2.93. The Hall–Kier alpha value is -1.26. The molecule has 20 heavy (non-hydrogen) atoms. The zero-order chi connectivity index (χ0) is 14.4. The van der Waals surface area contributed by atoms with Crippen LogP contribution in [0.1, 0.15) is 26.2 Å². The van der Waals surface area contributed by atoms with Gasteiger partial charge in [-0.1, -0.05) is 6.42 Å². The van der Waals surface area contributed by atoms with Crippen molar-refractivity contribution < 1.29 is 5.11 Å². The molecule has 1 aromatic carbocycles. The van der Waals surface area contributed by atoms with Gasteiger partial charge in [0.15, 0.2) is 0 Å². The van der Waals surface area contributed by atoms with Gasteiger partial charge >= 0.3 is 0 Å². The van der Waals surface area contributed by atoms with Crippen LogP contribution in [0.4, 0.5) is 11.4 Å². The Kier molecular flexibility index (Phi) is 5.68. The van der Waals surface area contributed by atoms with Crippen LogP contribution >= 0.6 is 0 Å². The zero-order valence-corrected chi connectivity index (χ0v) is 12.4. The van der Waals surface area contributed by atoms with E-state index in [0.29, 0.717) is 18.5 Å². The molecule has 1 saturated carbocycles. The zero-order valence-electron chi connectivity index (χ0n) is 12.4. The Labute approximate surface area is 122 Å². The quantitative estimate of drug-likeness (QED) is 0.714. The summed E-state index contributed by atoms with van der Waals surface area (Å²) in [6, 6.07) is 9.01. The normalized spacial score (nSPS) is 21.9. The highest BCUT2D eigenvalue weighted by atomic mass is 16.3. The third kappa shape index (κ3) is 3.64. The molecule has 4 nitrogen and oxygen atoms in total. The number of nitrogens with two attached hydrogens (primary N) is 1. The first-order valence-electron chi connectivity index (χ1n) is 7.71. The van der Waals surface area contributed by atoms with Crippen LogP contribution in [0.2, 0.25) is 0 Å². The molecule has 1 aromatic rings. The SMILES string of the molecule is CCN(CCO)c1ccc(NC2CCCC2CN)cc1. The van der Waals surface area contributed by atoms with E-state index in [2.05, 4.69) is 41.4 Å². The molecule has 1 fully saturated rings. The lowest BCUT2D eigenvalue weighted by Gasteiger charge is -2.24. The number of hydrogen-bond donors (Lipinski definition) is 3. The smallest absolute Gasteiger partial charge is 0.0606 e. The third-order valence-electron chi connectivity index (χ3n) is 4.30. The summed E-state index contributed by atoms with van der Waals surface area (Å²) in [4.78, 5) is 2.17. The highest BCUT2D eigenvalue weighted by Gasteiger charge is 2.25. The second-order valence-corrected chi connectivity index (χ2v) is 5.53. The van der Waals surface area contributed by atoms with Gasteiger partial charge in [-0.3, -0.25) is 0 Å². The van der Waals surface area contributed by atoms with Crippen molar-refractivity contribution in [1.29, 1.82) is 0 Å². The Morgan fingerprint density at radius 3 is 2.65 bits per heavy atom. The van der Waals surface area contributed by atoms with E-state index in [1.54, 1.807) is 0 Å². The van der Waals surface area contributed by atoms with E-state index >= 15 is 0 Å². The van der Waals surface area contributed by atoms with Crippen LogP contribution in [0, 0.1) is 5.92 Å². The summed E-state index contributed by atoms with van der Waals surface area (Å²) in [6.07, 6.45) is 3.74. The largest absolute Gasteiger partial charge is 0.395 e. The van der Waals surface area contributed by atoms with Crippen molar-refractivity contribution >= 4 is 11.4 Å². The molecule has 0 aromatic heterocycles. The van der Waals surface area contributed by atoms with Gasteiger partial charge in [0, 0.05) is 30.5 Å². The van der Waals surface area contributed by atoms with Gasteiger partial charge < -0.3 is 21.1 Å². The number of nitrogens with zero attached hydrogens (tertiary/aromatic N) is 1.